The average molecular weight is 393 g/mol. The molecule has 1 aromatic heterocycles. The summed E-state index contributed by atoms with van der Waals surface area (Å²) in [4.78, 5) is 12.5. The van der Waals surface area contributed by atoms with E-state index in [9.17, 15) is 4.79 Å². The molecule has 4 nitrogen and oxygen atoms in total. The maximum absolute atomic E-state index is 12.5. The van der Waals surface area contributed by atoms with Crippen LogP contribution in [0, 0.1) is 5.41 Å². The van der Waals surface area contributed by atoms with Crippen LogP contribution in [0.15, 0.2) is 46.9 Å². The van der Waals surface area contributed by atoms with Crippen molar-refractivity contribution in [3.05, 3.63) is 63.1 Å². The number of hydrogen-bond donors (Lipinski definition) is 1. The van der Waals surface area contributed by atoms with Gasteiger partial charge in [-0.3, -0.25) is 10.2 Å². The molecule has 0 bridgehead atoms. The van der Waals surface area contributed by atoms with Gasteiger partial charge in [0.1, 0.15) is 0 Å². The Bertz CT molecular complexity index is 941. The predicted molar refractivity (Wildman–Crippen MR) is 94.9 cm³/mol. The number of Topliss-reactive ketones (excluding diaryl/α,β-unsaturated/α-hetero) is 1. The van der Waals surface area contributed by atoms with Crippen LogP contribution in [0.2, 0.25) is 5.02 Å². The molecule has 0 aliphatic rings. The molecular formula is C17H15BrClN3O. The van der Waals surface area contributed by atoms with Crippen molar-refractivity contribution in [1.82, 2.24) is 9.13 Å². The molecule has 0 saturated carbocycles. The Kier molecular flexibility index (Phi) is 4.41. The number of carbonyl (C=O) groups is 1. The van der Waals surface area contributed by atoms with E-state index in [1.54, 1.807) is 22.8 Å². The number of aryl methyl sites for hydroxylation is 1. The molecule has 1 N–H and O–H groups in total. The SMILES string of the molecule is CCn1c(=N)n(CC(=O)c2ccc(Br)cc2)c2cccc(Cl)c21. The molecule has 118 valence electrons. The molecule has 0 aliphatic carbocycles. The van der Waals surface area contributed by atoms with E-state index in [4.69, 9.17) is 17.0 Å². The highest BCUT2D eigenvalue weighted by Crippen LogP contribution is 2.23. The summed E-state index contributed by atoms with van der Waals surface area (Å²) in [6, 6.07) is 12.8. The van der Waals surface area contributed by atoms with Crippen LogP contribution in [0.4, 0.5) is 0 Å². The summed E-state index contributed by atoms with van der Waals surface area (Å²) >= 11 is 9.65. The van der Waals surface area contributed by atoms with Crippen LogP contribution < -0.4 is 5.62 Å². The number of rotatable bonds is 4. The van der Waals surface area contributed by atoms with Crippen LogP contribution in [0.1, 0.15) is 17.3 Å². The molecule has 0 radical (unpaired) electrons. The van der Waals surface area contributed by atoms with Crippen LogP contribution in [0.3, 0.4) is 0 Å². The van der Waals surface area contributed by atoms with E-state index >= 15 is 0 Å². The van der Waals surface area contributed by atoms with Gasteiger partial charge in [0, 0.05) is 16.6 Å². The van der Waals surface area contributed by atoms with Gasteiger partial charge in [-0.2, -0.15) is 0 Å². The molecule has 0 atom stereocenters. The second kappa shape index (κ2) is 6.34. The summed E-state index contributed by atoms with van der Waals surface area (Å²) in [6.45, 7) is 2.70. The van der Waals surface area contributed by atoms with Crippen LogP contribution in [0.25, 0.3) is 11.0 Å². The minimum Gasteiger partial charge on any atom is -0.309 e. The lowest BCUT2D eigenvalue weighted by Crippen LogP contribution is -2.27. The van der Waals surface area contributed by atoms with Gasteiger partial charge in [0.05, 0.1) is 22.6 Å². The Balaban J connectivity index is 2.08. The van der Waals surface area contributed by atoms with Gasteiger partial charge in [-0.15, -0.1) is 0 Å². The summed E-state index contributed by atoms with van der Waals surface area (Å²) in [7, 11) is 0. The Morgan fingerprint density at radius 2 is 1.87 bits per heavy atom. The maximum atomic E-state index is 12.5. The van der Waals surface area contributed by atoms with Crippen molar-refractivity contribution < 1.29 is 4.79 Å². The predicted octanol–water partition coefficient (Wildman–Crippen LogP) is 4.24. The molecule has 2 aromatic carbocycles. The van der Waals surface area contributed by atoms with Gasteiger partial charge in [-0.1, -0.05) is 45.7 Å². The first kappa shape index (κ1) is 16.0. The highest BCUT2D eigenvalue weighted by Gasteiger charge is 2.15. The van der Waals surface area contributed by atoms with Crippen molar-refractivity contribution in [3.8, 4) is 0 Å². The van der Waals surface area contributed by atoms with Crippen LogP contribution in [-0.2, 0) is 13.1 Å². The number of fused-ring (bicyclic) bond motifs is 1. The highest BCUT2D eigenvalue weighted by molar-refractivity contribution is 9.10. The first-order chi connectivity index (χ1) is 11.0. The third-order valence-corrected chi connectivity index (χ3v) is 4.66. The number of imidazole rings is 1. The third kappa shape index (κ3) is 2.86. The number of nitrogens with zero attached hydrogens (tertiary/aromatic N) is 2. The molecule has 1 heterocycles. The molecule has 0 unspecified atom stereocenters. The molecule has 6 heteroatoms. The van der Waals surface area contributed by atoms with E-state index in [0.29, 0.717) is 17.1 Å². The number of aromatic nitrogens is 2. The van der Waals surface area contributed by atoms with Gasteiger partial charge >= 0.3 is 0 Å². The molecule has 0 spiro atoms. The normalized spacial score (nSPS) is 11.1. The highest BCUT2D eigenvalue weighted by atomic mass is 79.9. The average Bonchev–Trinajstić information content (AvgIpc) is 2.81. The fourth-order valence-electron chi connectivity index (χ4n) is 2.69. The van der Waals surface area contributed by atoms with E-state index in [1.807, 2.05) is 35.8 Å². The van der Waals surface area contributed by atoms with Crippen molar-refractivity contribution in [3.63, 3.8) is 0 Å². The van der Waals surface area contributed by atoms with Gasteiger partial charge in [-0.25, -0.2) is 0 Å². The fraction of sp³-hybridized carbons (Fsp3) is 0.176. The van der Waals surface area contributed by atoms with Gasteiger partial charge < -0.3 is 9.13 Å². The van der Waals surface area contributed by atoms with Crippen molar-refractivity contribution in [2.75, 3.05) is 0 Å². The van der Waals surface area contributed by atoms with E-state index in [0.717, 1.165) is 15.5 Å². The van der Waals surface area contributed by atoms with E-state index < -0.39 is 0 Å². The smallest absolute Gasteiger partial charge is 0.203 e. The zero-order valence-corrected chi connectivity index (χ0v) is 14.9. The molecular weight excluding hydrogens is 378 g/mol. The van der Waals surface area contributed by atoms with Gasteiger partial charge in [-0.05, 0) is 31.2 Å². The van der Waals surface area contributed by atoms with Crippen molar-refractivity contribution >= 4 is 44.3 Å². The van der Waals surface area contributed by atoms with Crippen molar-refractivity contribution in [1.29, 1.82) is 5.41 Å². The second-order valence-corrected chi connectivity index (χ2v) is 6.51. The first-order valence-electron chi connectivity index (χ1n) is 7.24. The number of hydrogen-bond acceptors (Lipinski definition) is 2. The molecule has 23 heavy (non-hydrogen) atoms. The number of carbonyl (C=O) groups excluding carboxylic acids is 1. The monoisotopic (exact) mass is 391 g/mol. The first-order valence-corrected chi connectivity index (χ1v) is 8.41. The largest absolute Gasteiger partial charge is 0.309 e. The summed E-state index contributed by atoms with van der Waals surface area (Å²) in [5.74, 6) is -0.0360. The quantitative estimate of drug-likeness (QED) is 0.663. The topological polar surface area (TPSA) is 50.8 Å². The maximum Gasteiger partial charge on any atom is 0.203 e. The van der Waals surface area contributed by atoms with Crippen LogP contribution in [-0.4, -0.2) is 14.9 Å². The molecule has 0 aliphatic heterocycles. The molecule has 3 aromatic rings. The second-order valence-electron chi connectivity index (χ2n) is 5.19. The zero-order chi connectivity index (χ0) is 16.6. The van der Waals surface area contributed by atoms with Crippen molar-refractivity contribution in [2.45, 2.75) is 20.0 Å². The van der Waals surface area contributed by atoms with Crippen LogP contribution >= 0.6 is 27.5 Å². The summed E-state index contributed by atoms with van der Waals surface area (Å²) in [6.07, 6.45) is 0. The van der Waals surface area contributed by atoms with Gasteiger partial charge in [0.25, 0.3) is 0 Å². The lowest BCUT2D eigenvalue weighted by molar-refractivity contribution is 0.0971. The number of halogens is 2. The Hall–Kier alpha value is -1.85. The zero-order valence-electron chi connectivity index (χ0n) is 12.5. The number of benzene rings is 2. The summed E-state index contributed by atoms with van der Waals surface area (Å²) in [5, 5.41) is 8.96. The Morgan fingerprint density at radius 1 is 1.17 bits per heavy atom. The van der Waals surface area contributed by atoms with Gasteiger partial charge in [0.15, 0.2) is 5.78 Å². The number of ketones is 1. The minimum atomic E-state index is -0.0360. The molecule has 0 saturated heterocycles. The standard InChI is InChI=1S/C17H15BrClN3O/c1-2-21-16-13(19)4-3-5-14(16)22(17(21)20)10-15(23)11-6-8-12(18)9-7-11/h3-9,20H,2,10H2,1H3. The van der Waals surface area contributed by atoms with E-state index in [2.05, 4.69) is 15.9 Å². The summed E-state index contributed by atoms with van der Waals surface area (Å²) < 4.78 is 4.44. The minimum absolute atomic E-state index is 0.0360. The Labute approximate surface area is 146 Å². The van der Waals surface area contributed by atoms with Crippen molar-refractivity contribution in [2.24, 2.45) is 0 Å². The lowest BCUT2D eigenvalue weighted by Gasteiger charge is -2.04. The van der Waals surface area contributed by atoms with E-state index in [-0.39, 0.29) is 17.9 Å². The molecule has 3 rings (SSSR count). The summed E-state index contributed by atoms with van der Waals surface area (Å²) in [5.41, 5.74) is 2.50. The molecule has 0 amide bonds. The van der Waals surface area contributed by atoms with E-state index in [1.165, 1.54) is 0 Å². The van der Waals surface area contributed by atoms with Crippen LogP contribution in [0.5, 0.6) is 0 Å². The Morgan fingerprint density at radius 3 is 2.52 bits per heavy atom. The molecule has 0 fully saturated rings. The van der Waals surface area contributed by atoms with Gasteiger partial charge in [0.2, 0.25) is 5.62 Å². The number of para-hydroxylation sites is 1. The lowest BCUT2D eigenvalue weighted by atomic mass is 10.1. The number of nitrogens with one attached hydrogen (secondary N) is 1. The fourth-order valence-corrected chi connectivity index (χ4v) is 3.23. The third-order valence-electron chi connectivity index (χ3n) is 3.82.